The van der Waals surface area contributed by atoms with Crippen LogP contribution in [0.2, 0.25) is 10.0 Å². The van der Waals surface area contributed by atoms with Gasteiger partial charge in [-0.05, 0) is 60.8 Å². The number of hydrogen-bond acceptors (Lipinski definition) is 5. The summed E-state index contributed by atoms with van der Waals surface area (Å²) in [5.74, 6) is 0.748. The molecule has 2 aliphatic carbocycles. The Labute approximate surface area is 220 Å². The number of benzene rings is 1. The van der Waals surface area contributed by atoms with E-state index in [4.69, 9.17) is 27.9 Å². The standard InChI is InChI=1S/C28H39Cl2N2O3/c1-18-13-24-23(7-5-20(3)28(24,34)15-27(18)35-21(4)33)19(2)16-31-9-11-32(12-10-31)17-22-6-8-25(29)26(30)14-22/h6,8,13-15,19-20,23-24,27,34H,5,7,9-12,16-17H2,1-4H3/t19?,20-,23+,24-,27-,28-/m1/s1. The van der Waals surface area contributed by atoms with Crippen LogP contribution in [0.25, 0.3) is 0 Å². The maximum atomic E-state index is 11.8. The SMILES string of the molecule is CC(=O)O[C@@H]1[CH][C@@]2(O)[C@H](C)CC[C@@H](C(C)CN3CCN(Cc4ccc(Cl)c(Cl)c4)CC3)[C@H]2C=C1C. The molecule has 1 heterocycles. The number of halogens is 2. The number of carbonyl (C=O) groups is 1. The zero-order chi connectivity index (χ0) is 25.3. The Morgan fingerprint density at radius 2 is 1.86 bits per heavy atom. The van der Waals surface area contributed by atoms with Crippen molar-refractivity contribution in [2.75, 3.05) is 32.7 Å². The van der Waals surface area contributed by atoms with E-state index in [2.05, 4.69) is 35.8 Å². The van der Waals surface area contributed by atoms with Crippen molar-refractivity contribution in [1.82, 2.24) is 9.80 Å². The van der Waals surface area contributed by atoms with Crippen LogP contribution < -0.4 is 0 Å². The predicted octanol–water partition coefficient (Wildman–Crippen LogP) is 5.24. The fourth-order valence-corrected chi connectivity index (χ4v) is 6.64. The minimum absolute atomic E-state index is 0.0593. The van der Waals surface area contributed by atoms with Crippen molar-refractivity contribution in [3.63, 3.8) is 0 Å². The molecule has 1 aliphatic heterocycles. The fourth-order valence-electron chi connectivity index (χ4n) is 6.32. The molecule has 7 heteroatoms. The van der Waals surface area contributed by atoms with Gasteiger partial charge in [0.15, 0.2) is 0 Å². The molecule has 1 aromatic rings. The molecule has 5 nitrogen and oxygen atoms in total. The first kappa shape index (κ1) is 26.9. The third kappa shape index (κ3) is 6.07. The predicted molar refractivity (Wildman–Crippen MR) is 141 cm³/mol. The van der Waals surface area contributed by atoms with Gasteiger partial charge in [0, 0.05) is 58.5 Å². The Bertz CT molecular complexity index is 946. The van der Waals surface area contributed by atoms with Crippen LogP contribution in [0.4, 0.5) is 0 Å². The maximum Gasteiger partial charge on any atom is 0.303 e. The van der Waals surface area contributed by atoms with Gasteiger partial charge in [-0.25, -0.2) is 0 Å². The molecule has 2 fully saturated rings. The Morgan fingerprint density at radius 1 is 1.17 bits per heavy atom. The number of piperazine rings is 1. The third-order valence-corrected chi connectivity index (χ3v) is 9.19. The van der Waals surface area contributed by atoms with Gasteiger partial charge in [0.1, 0.15) is 6.10 Å². The quantitative estimate of drug-likeness (QED) is 0.409. The Balaban J connectivity index is 1.35. The summed E-state index contributed by atoms with van der Waals surface area (Å²) in [4.78, 5) is 16.6. The molecule has 193 valence electrons. The number of hydrogen-bond donors (Lipinski definition) is 1. The van der Waals surface area contributed by atoms with E-state index in [1.807, 2.05) is 25.5 Å². The van der Waals surface area contributed by atoms with E-state index in [0.29, 0.717) is 21.9 Å². The molecule has 1 saturated carbocycles. The first-order valence-corrected chi connectivity index (χ1v) is 13.6. The van der Waals surface area contributed by atoms with E-state index in [1.54, 1.807) is 0 Å². The van der Waals surface area contributed by atoms with Crippen LogP contribution >= 0.6 is 23.2 Å². The topological polar surface area (TPSA) is 53.0 Å². The smallest absolute Gasteiger partial charge is 0.303 e. The van der Waals surface area contributed by atoms with Crippen molar-refractivity contribution in [3.05, 3.63) is 51.9 Å². The van der Waals surface area contributed by atoms with Gasteiger partial charge in [-0.2, -0.15) is 0 Å². The van der Waals surface area contributed by atoms with E-state index in [1.165, 1.54) is 12.5 Å². The molecule has 0 amide bonds. The Kier molecular flexibility index (Phi) is 8.54. The summed E-state index contributed by atoms with van der Waals surface area (Å²) in [6.07, 6.45) is 5.76. The number of carbonyl (C=O) groups excluding carboxylic acids is 1. The zero-order valence-electron chi connectivity index (χ0n) is 21.3. The van der Waals surface area contributed by atoms with Crippen LogP contribution in [0.1, 0.15) is 46.1 Å². The van der Waals surface area contributed by atoms with Gasteiger partial charge in [-0.1, -0.05) is 49.2 Å². The maximum absolute atomic E-state index is 11.8. The molecule has 1 unspecified atom stereocenters. The number of esters is 1. The van der Waals surface area contributed by atoms with E-state index >= 15 is 0 Å². The van der Waals surface area contributed by atoms with Crippen molar-refractivity contribution in [3.8, 4) is 0 Å². The molecule has 1 radical (unpaired) electrons. The highest BCUT2D eigenvalue weighted by Crippen LogP contribution is 2.50. The third-order valence-electron chi connectivity index (χ3n) is 8.45. The first-order chi connectivity index (χ1) is 16.6. The number of aliphatic hydroxyl groups is 1. The lowest BCUT2D eigenvalue weighted by Crippen LogP contribution is -2.57. The summed E-state index contributed by atoms with van der Waals surface area (Å²) in [5, 5.41) is 13.0. The molecular weight excluding hydrogens is 483 g/mol. The molecule has 0 bridgehead atoms. The number of ether oxygens (including phenoxy) is 1. The van der Waals surface area contributed by atoms with Crippen LogP contribution in [-0.4, -0.2) is 65.3 Å². The van der Waals surface area contributed by atoms with E-state index in [9.17, 15) is 9.90 Å². The average molecular weight is 523 g/mol. The highest BCUT2D eigenvalue weighted by Gasteiger charge is 2.53. The van der Waals surface area contributed by atoms with Crippen molar-refractivity contribution in [2.45, 2.75) is 58.8 Å². The molecule has 0 spiro atoms. The van der Waals surface area contributed by atoms with Gasteiger partial charge in [-0.15, -0.1) is 0 Å². The lowest BCUT2D eigenvalue weighted by atomic mass is 9.57. The van der Waals surface area contributed by atoms with Crippen LogP contribution in [0.3, 0.4) is 0 Å². The van der Waals surface area contributed by atoms with Crippen LogP contribution in [0.15, 0.2) is 29.8 Å². The molecule has 1 aromatic carbocycles. The first-order valence-electron chi connectivity index (χ1n) is 12.9. The minimum atomic E-state index is -0.935. The fraction of sp³-hybridized carbons (Fsp3) is 0.643. The largest absolute Gasteiger partial charge is 0.458 e. The second kappa shape index (κ2) is 11.1. The highest BCUT2D eigenvalue weighted by atomic mass is 35.5. The van der Waals surface area contributed by atoms with E-state index < -0.39 is 11.7 Å². The Hall–Kier alpha value is -1.11. The number of fused-ring (bicyclic) bond motifs is 1. The molecule has 6 atom stereocenters. The lowest BCUT2D eigenvalue weighted by molar-refractivity contribution is -0.148. The van der Waals surface area contributed by atoms with Gasteiger partial charge in [0.05, 0.1) is 15.6 Å². The summed E-state index contributed by atoms with van der Waals surface area (Å²) >= 11 is 12.2. The van der Waals surface area contributed by atoms with Gasteiger partial charge in [-0.3, -0.25) is 9.69 Å². The molecule has 4 rings (SSSR count). The van der Waals surface area contributed by atoms with Crippen molar-refractivity contribution >= 4 is 29.2 Å². The molecule has 1 N–H and O–H groups in total. The highest BCUT2D eigenvalue weighted by molar-refractivity contribution is 6.42. The molecule has 35 heavy (non-hydrogen) atoms. The van der Waals surface area contributed by atoms with E-state index in [0.717, 1.165) is 57.7 Å². The number of rotatable bonds is 6. The summed E-state index contributed by atoms with van der Waals surface area (Å²) in [6.45, 7) is 14.0. The van der Waals surface area contributed by atoms with Crippen LogP contribution in [0, 0.1) is 30.1 Å². The Morgan fingerprint density at radius 3 is 2.51 bits per heavy atom. The summed E-state index contributed by atoms with van der Waals surface area (Å²) < 4.78 is 5.50. The van der Waals surface area contributed by atoms with Gasteiger partial charge >= 0.3 is 5.97 Å². The average Bonchev–Trinajstić information content (AvgIpc) is 2.79. The lowest BCUT2D eigenvalue weighted by Gasteiger charge is -2.53. The normalized spacial score (nSPS) is 33.1. The van der Waals surface area contributed by atoms with Crippen molar-refractivity contribution in [2.24, 2.45) is 23.7 Å². The van der Waals surface area contributed by atoms with Gasteiger partial charge in [0.2, 0.25) is 0 Å². The van der Waals surface area contributed by atoms with Crippen LogP contribution in [-0.2, 0) is 16.1 Å². The minimum Gasteiger partial charge on any atom is -0.458 e. The summed E-state index contributed by atoms with van der Waals surface area (Å²) in [6, 6.07) is 5.89. The molecule has 3 aliphatic rings. The molecule has 1 saturated heterocycles. The van der Waals surface area contributed by atoms with Crippen molar-refractivity contribution in [1.29, 1.82) is 0 Å². The summed E-state index contributed by atoms with van der Waals surface area (Å²) in [5.41, 5.74) is 1.28. The monoisotopic (exact) mass is 521 g/mol. The number of nitrogens with zero attached hydrogens (tertiary/aromatic N) is 2. The van der Waals surface area contributed by atoms with Gasteiger partial charge in [0.25, 0.3) is 0 Å². The molecular formula is C28H39Cl2N2O3. The van der Waals surface area contributed by atoms with Crippen LogP contribution in [0.5, 0.6) is 0 Å². The van der Waals surface area contributed by atoms with Crippen molar-refractivity contribution < 1.29 is 14.6 Å². The van der Waals surface area contributed by atoms with E-state index in [-0.39, 0.29) is 17.8 Å². The van der Waals surface area contributed by atoms with Gasteiger partial charge < -0.3 is 14.7 Å². The summed E-state index contributed by atoms with van der Waals surface area (Å²) in [7, 11) is 0. The second-order valence-electron chi connectivity index (χ2n) is 11.0. The second-order valence-corrected chi connectivity index (χ2v) is 11.8. The molecule has 0 aromatic heterocycles. The zero-order valence-corrected chi connectivity index (χ0v) is 22.9.